The minimum atomic E-state index is -3.65. The number of nitrogens with one attached hydrogen (secondary N) is 1. The van der Waals surface area contributed by atoms with Crippen LogP contribution in [-0.4, -0.2) is 63.0 Å². The van der Waals surface area contributed by atoms with Crippen molar-refractivity contribution < 1.29 is 32.2 Å². The summed E-state index contributed by atoms with van der Waals surface area (Å²) in [6.45, 7) is 2.11. The molecule has 0 bridgehead atoms. The monoisotopic (exact) mass is 491 g/mol. The summed E-state index contributed by atoms with van der Waals surface area (Å²) in [5, 5.41) is 2.73. The van der Waals surface area contributed by atoms with Crippen LogP contribution in [0.15, 0.2) is 47.6 Å². The number of amides is 1. The summed E-state index contributed by atoms with van der Waals surface area (Å²) in [5.74, 6) is -0.280. The summed E-state index contributed by atoms with van der Waals surface area (Å²) in [6.07, 6.45) is 2.46. The topological polar surface area (TPSA) is 124 Å². The largest absolute Gasteiger partial charge is 0.493 e. The number of hydrogen-bond acceptors (Lipinski definition) is 8. The Kier molecular flexibility index (Phi) is 8.46. The molecule has 0 aliphatic carbocycles. The molecule has 1 atom stereocenters. The number of nitrogens with zero attached hydrogens (tertiary/aromatic N) is 2. The average molecular weight is 492 g/mol. The van der Waals surface area contributed by atoms with Crippen LogP contribution in [0.1, 0.15) is 25.3 Å². The molecular formula is C23H29N3O7S. The van der Waals surface area contributed by atoms with Gasteiger partial charge in [0.1, 0.15) is 4.90 Å². The maximum atomic E-state index is 12.7. The Balaban J connectivity index is 1.48. The Morgan fingerprint density at radius 3 is 2.47 bits per heavy atom. The SMILES string of the molecule is COc1ccc(CNC(=O)C(C)OC(=O)C2CCN(S(=O)(=O)c3cccnc3)CC2)cc1OC. The molecular weight excluding hydrogens is 462 g/mol. The molecule has 1 aromatic heterocycles. The Hall–Kier alpha value is -3.18. The minimum Gasteiger partial charge on any atom is -0.493 e. The number of sulfonamides is 1. The number of benzene rings is 1. The lowest BCUT2D eigenvalue weighted by atomic mass is 9.98. The van der Waals surface area contributed by atoms with Gasteiger partial charge in [-0.2, -0.15) is 4.31 Å². The summed E-state index contributed by atoms with van der Waals surface area (Å²) in [6, 6.07) is 8.35. The molecule has 184 valence electrons. The Morgan fingerprint density at radius 1 is 1.15 bits per heavy atom. The van der Waals surface area contributed by atoms with E-state index in [1.54, 1.807) is 31.4 Å². The number of carbonyl (C=O) groups excluding carboxylic acids is 2. The van der Waals surface area contributed by atoms with E-state index >= 15 is 0 Å². The summed E-state index contributed by atoms with van der Waals surface area (Å²) in [5.41, 5.74) is 0.798. The van der Waals surface area contributed by atoms with E-state index in [4.69, 9.17) is 14.2 Å². The van der Waals surface area contributed by atoms with Crippen LogP contribution >= 0.6 is 0 Å². The molecule has 3 rings (SSSR count). The second kappa shape index (κ2) is 11.3. The van der Waals surface area contributed by atoms with Crippen molar-refractivity contribution >= 4 is 21.9 Å². The van der Waals surface area contributed by atoms with Crippen LogP contribution < -0.4 is 14.8 Å². The predicted octanol–water partition coefficient (Wildman–Crippen LogP) is 1.75. The molecule has 11 heteroatoms. The molecule has 10 nitrogen and oxygen atoms in total. The third-order valence-corrected chi connectivity index (χ3v) is 7.52. The first kappa shape index (κ1) is 25.4. The molecule has 1 saturated heterocycles. The maximum Gasteiger partial charge on any atom is 0.309 e. The van der Waals surface area contributed by atoms with Gasteiger partial charge in [0, 0.05) is 32.0 Å². The van der Waals surface area contributed by atoms with Crippen LogP contribution in [0.3, 0.4) is 0 Å². The molecule has 2 heterocycles. The van der Waals surface area contributed by atoms with E-state index in [1.165, 1.54) is 36.8 Å². The molecule has 1 aromatic carbocycles. The van der Waals surface area contributed by atoms with Gasteiger partial charge in [0.25, 0.3) is 5.91 Å². The summed E-state index contributed by atoms with van der Waals surface area (Å²) >= 11 is 0. The molecule has 2 aromatic rings. The first-order valence-electron chi connectivity index (χ1n) is 10.9. The summed E-state index contributed by atoms with van der Waals surface area (Å²) in [7, 11) is -0.584. The fourth-order valence-electron chi connectivity index (χ4n) is 3.63. The number of methoxy groups -OCH3 is 2. The number of pyridine rings is 1. The van der Waals surface area contributed by atoms with Gasteiger partial charge < -0.3 is 19.5 Å². The van der Waals surface area contributed by atoms with Crippen molar-refractivity contribution in [2.45, 2.75) is 37.3 Å². The van der Waals surface area contributed by atoms with Crippen molar-refractivity contribution in [2.75, 3.05) is 27.3 Å². The first-order chi connectivity index (χ1) is 16.3. The van der Waals surface area contributed by atoms with Crippen molar-refractivity contribution in [1.29, 1.82) is 0 Å². The van der Waals surface area contributed by atoms with Gasteiger partial charge in [-0.1, -0.05) is 6.07 Å². The molecule has 0 saturated carbocycles. The zero-order valence-corrected chi connectivity index (χ0v) is 20.2. The van der Waals surface area contributed by atoms with Crippen LogP contribution in [0, 0.1) is 5.92 Å². The number of hydrogen-bond donors (Lipinski definition) is 1. The molecule has 34 heavy (non-hydrogen) atoms. The molecule has 0 radical (unpaired) electrons. The van der Waals surface area contributed by atoms with Gasteiger partial charge in [0.2, 0.25) is 10.0 Å². The first-order valence-corrected chi connectivity index (χ1v) is 12.3. The van der Waals surface area contributed by atoms with Crippen molar-refractivity contribution in [3.05, 3.63) is 48.3 Å². The lowest BCUT2D eigenvalue weighted by Crippen LogP contribution is -2.42. The van der Waals surface area contributed by atoms with Crippen molar-refractivity contribution in [1.82, 2.24) is 14.6 Å². The smallest absolute Gasteiger partial charge is 0.309 e. The van der Waals surface area contributed by atoms with Crippen LogP contribution in [0.2, 0.25) is 0 Å². The van der Waals surface area contributed by atoms with Crippen molar-refractivity contribution in [3.8, 4) is 11.5 Å². The highest BCUT2D eigenvalue weighted by molar-refractivity contribution is 7.89. The Morgan fingerprint density at radius 2 is 1.85 bits per heavy atom. The van der Waals surface area contributed by atoms with E-state index in [9.17, 15) is 18.0 Å². The lowest BCUT2D eigenvalue weighted by molar-refractivity contribution is -0.159. The summed E-state index contributed by atoms with van der Waals surface area (Å²) in [4.78, 5) is 29.0. The highest BCUT2D eigenvalue weighted by atomic mass is 32.2. The minimum absolute atomic E-state index is 0.121. The molecule has 1 aliphatic rings. The van der Waals surface area contributed by atoms with E-state index in [1.807, 2.05) is 0 Å². The average Bonchev–Trinajstić information content (AvgIpc) is 2.87. The number of ether oxygens (including phenoxy) is 3. The van der Waals surface area contributed by atoms with Gasteiger partial charge in [-0.25, -0.2) is 8.42 Å². The highest BCUT2D eigenvalue weighted by Crippen LogP contribution is 2.27. The maximum absolute atomic E-state index is 12.7. The fourth-order valence-corrected chi connectivity index (χ4v) is 5.06. The van der Waals surface area contributed by atoms with E-state index in [0.29, 0.717) is 24.3 Å². The van der Waals surface area contributed by atoms with Crippen LogP contribution in [0.4, 0.5) is 0 Å². The zero-order chi connectivity index (χ0) is 24.7. The molecule has 0 spiro atoms. The third kappa shape index (κ3) is 6.03. The Bertz CT molecular complexity index is 1100. The van der Waals surface area contributed by atoms with Crippen LogP contribution in [-0.2, 0) is 30.9 Å². The normalized spacial score (nSPS) is 15.9. The number of esters is 1. The number of piperidine rings is 1. The molecule has 1 unspecified atom stereocenters. The van der Waals surface area contributed by atoms with Crippen LogP contribution in [0.25, 0.3) is 0 Å². The molecule has 1 aliphatic heterocycles. The van der Waals surface area contributed by atoms with E-state index in [2.05, 4.69) is 10.3 Å². The van der Waals surface area contributed by atoms with E-state index in [0.717, 1.165) is 5.56 Å². The number of aromatic nitrogens is 1. The zero-order valence-electron chi connectivity index (χ0n) is 19.4. The van der Waals surface area contributed by atoms with Gasteiger partial charge in [-0.15, -0.1) is 0 Å². The highest BCUT2D eigenvalue weighted by Gasteiger charge is 2.34. The quantitative estimate of drug-likeness (QED) is 0.526. The third-order valence-electron chi connectivity index (χ3n) is 5.64. The van der Waals surface area contributed by atoms with E-state index in [-0.39, 0.29) is 24.5 Å². The van der Waals surface area contributed by atoms with Gasteiger partial charge >= 0.3 is 5.97 Å². The fraction of sp³-hybridized carbons (Fsp3) is 0.435. The van der Waals surface area contributed by atoms with E-state index < -0.39 is 33.9 Å². The van der Waals surface area contributed by atoms with Gasteiger partial charge in [0.15, 0.2) is 17.6 Å². The lowest BCUT2D eigenvalue weighted by Gasteiger charge is -2.30. The second-order valence-electron chi connectivity index (χ2n) is 7.85. The van der Waals surface area contributed by atoms with Gasteiger partial charge in [0.05, 0.1) is 20.1 Å². The standard InChI is InChI=1S/C23H29N3O7S/c1-16(22(27)25-14-17-6-7-20(31-2)21(13-17)32-3)33-23(28)18-8-11-26(12-9-18)34(29,30)19-5-4-10-24-15-19/h4-7,10,13,15-16,18H,8-9,11-12,14H2,1-3H3,(H,25,27). The summed E-state index contributed by atoms with van der Waals surface area (Å²) < 4.78 is 42.5. The van der Waals surface area contributed by atoms with Crippen molar-refractivity contribution in [3.63, 3.8) is 0 Å². The van der Waals surface area contributed by atoms with Crippen LogP contribution in [0.5, 0.6) is 11.5 Å². The van der Waals surface area contributed by atoms with Gasteiger partial charge in [-0.05, 0) is 49.6 Å². The van der Waals surface area contributed by atoms with Gasteiger partial charge in [-0.3, -0.25) is 14.6 Å². The number of rotatable bonds is 9. The Labute approximate surface area is 199 Å². The second-order valence-corrected chi connectivity index (χ2v) is 9.79. The van der Waals surface area contributed by atoms with Crippen molar-refractivity contribution in [2.24, 2.45) is 5.92 Å². The molecule has 1 amide bonds. The predicted molar refractivity (Wildman–Crippen MR) is 123 cm³/mol. The molecule has 1 N–H and O–H groups in total. The number of carbonyl (C=O) groups is 2. The molecule has 1 fully saturated rings.